The zero-order valence-corrected chi connectivity index (χ0v) is 12.4. The van der Waals surface area contributed by atoms with Crippen molar-refractivity contribution in [1.29, 1.82) is 5.26 Å². The zero-order valence-electron chi connectivity index (χ0n) is 11.6. The number of rotatable bonds is 5. The van der Waals surface area contributed by atoms with Crippen molar-refractivity contribution in [3.05, 3.63) is 65.5 Å². The molecule has 2 aromatic rings. The molecule has 0 saturated heterocycles. The third kappa shape index (κ3) is 3.88. The first-order valence-electron chi connectivity index (χ1n) is 6.34. The van der Waals surface area contributed by atoms with Gasteiger partial charge in [0.1, 0.15) is 0 Å². The Kier molecular flexibility index (Phi) is 4.68. The molecular formula is C15H15N3O2S. The van der Waals surface area contributed by atoms with Crippen molar-refractivity contribution in [2.75, 3.05) is 7.05 Å². The Morgan fingerprint density at radius 3 is 2.67 bits per heavy atom. The lowest BCUT2D eigenvalue weighted by atomic mass is 10.1. The van der Waals surface area contributed by atoms with Crippen LogP contribution in [0.3, 0.4) is 0 Å². The van der Waals surface area contributed by atoms with E-state index in [2.05, 4.69) is 4.98 Å². The van der Waals surface area contributed by atoms with Gasteiger partial charge in [0.2, 0.25) is 10.0 Å². The molecule has 2 rings (SSSR count). The lowest BCUT2D eigenvalue weighted by Gasteiger charge is -2.17. The molecule has 0 aliphatic rings. The highest BCUT2D eigenvalue weighted by molar-refractivity contribution is 7.88. The average Bonchev–Trinajstić information content (AvgIpc) is 2.48. The van der Waals surface area contributed by atoms with E-state index in [4.69, 9.17) is 5.26 Å². The fourth-order valence-electron chi connectivity index (χ4n) is 1.91. The Morgan fingerprint density at radius 2 is 2.00 bits per heavy atom. The number of aromatic nitrogens is 1. The van der Waals surface area contributed by atoms with Crippen LogP contribution in [0.2, 0.25) is 0 Å². The lowest BCUT2D eigenvalue weighted by molar-refractivity contribution is 0.465. The van der Waals surface area contributed by atoms with E-state index in [0.717, 1.165) is 5.56 Å². The van der Waals surface area contributed by atoms with E-state index < -0.39 is 10.0 Å². The molecule has 21 heavy (non-hydrogen) atoms. The van der Waals surface area contributed by atoms with E-state index in [1.165, 1.54) is 11.4 Å². The Morgan fingerprint density at radius 1 is 1.24 bits per heavy atom. The Bertz CT molecular complexity index is 752. The highest BCUT2D eigenvalue weighted by Gasteiger charge is 2.20. The summed E-state index contributed by atoms with van der Waals surface area (Å²) in [5.74, 6) is -0.187. The predicted molar refractivity (Wildman–Crippen MR) is 79.5 cm³/mol. The fraction of sp³-hybridized carbons (Fsp3) is 0.200. The first kappa shape index (κ1) is 15.2. The second-order valence-electron chi connectivity index (χ2n) is 4.64. The molecule has 0 N–H and O–H groups in total. The number of pyridine rings is 1. The summed E-state index contributed by atoms with van der Waals surface area (Å²) in [6, 6.07) is 12.3. The number of sulfonamides is 1. The summed E-state index contributed by atoms with van der Waals surface area (Å²) in [6.07, 6.45) is 3.27. The van der Waals surface area contributed by atoms with Crippen molar-refractivity contribution < 1.29 is 8.42 Å². The molecule has 0 unspecified atom stereocenters. The molecule has 0 aliphatic carbocycles. The van der Waals surface area contributed by atoms with Gasteiger partial charge in [-0.25, -0.2) is 12.7 Å². The van der Waals surface area contributed by atoms with E-state index in [1.54, 1.807) is 42.7 Å². The van der Waals surface area contributed by atoms with Crippen LogP contribution >= 0.6 is 0 Å². The van der Waals surface area contributed by atoms with Gasteiger partial charge in [-0.05, 0) is 23.3 Å². The first-order valence-corrected chi connectivity index (χ1v) is 7.95. The molecular weight excluding hydrogens is 286 g/mol. The van der Waals surface area contributed by atoms with Crippen LogP contribution in [0.25, 0.3) is 0 Å². The second kappa shape index (κ2) is 6.48. The molecule has 0 spiro atoms. The molecule has 5 nitrogen and oxygen atoms in total. The molecule has 1 aromatic heterocycles. The van der Waals surface area contributed by atoms with Crippen molar-refractivity contribution in [2.45, 2.75) is 12.3 Å². The Labute approximate surface area is 124 Å². The minimum Gasteiger partial charge on any atom is -0.264 e. The molecule has 1 aromatic carbocycles. The smallest absolute Gasteiger partial charge is 0.218 e. The van der Waals surface area contributed by atoms with Crippen LogP contribution in [0.4, 0.5) is 0 Å². The predicted octanol–water partition coefficient (Wildman–Crippen LogP) is 1.92. The molecule has 0 bridgehead atoms. The van der Waals surface area contributed by atoms with Gasteiger partial charge in [0.25, 0.3) is 0 Å². The Hall–Kier alpha value is -2.23. The quantitative estimate of drug-likeness (QED) is 0.845. The molecule has 0 atom stereocenters. The van der Waals surface area contributed by atoms with Crippen molar-refractivity contribution in [3.8, 4) is 6.07 Å². The van der Waals surface area contributed by atoms with E-state index in [1.807, 2.05) is 12.1 Å². The van der Waals surface area contributed by atoms with Crippen molar-refractivity contribution >= 4 is 10.0 Å². The molecule has 108 valence electrons. The van der Waals surface area contributed by atoms with Gasteiger partial charge in [-0.3, -0.25) is 4.98 Å². The highest BCUT2D eigenvalue weighted by atomic mass is 32.2. The first-order chi connectivity index (χ1) is 10.0. The van der Waals surface area contributed by atoms with Crippen LogP contribution < -0.4 is 0 Å². The normalized spacial score (nSPS) is 11.3. The molecule has 0 fully saturated rings. The monoisotopic (exact) mass is 301 g/mol. The van der Waals surface area contributed by atoms with Gasteiger partial charge in [-0.2, -0.15) is 5.26 Å². The van der Waals surface area contributed by atoms with Crippen LogP contribution in [0, 0.1) is 11.3 Å². The van der Waals surface area contributed by atoms with Crippen molar-refractivity contribution in [1.82, 2.24) is 9.29 Å². The summed E-state index contributed by atoms with van der Waals surface area (Å²) in [4.78, 5) is 3.97. The Balaban J connectivity index is 2.17. The summed E-state index contributed by atoms with van der Waals surface area (Å²) >= 11 is 0. The number of benzene rings is 1. The van der Waals surface area contributed by atoms with E-state index >= 15 is 0 Å². The number of hydrogen-bond acceptors (Lipinski definition) is 4. The molecule has 6 heteroatoms. The van der Waals surface area contributed by atoms with Gasteiger partial charge < -0.3 is 0 Å². The molecule has 0 amide bonds. The topological polar surface area (TPSA) is 74.1 Å². The molecule has 0 radical (unpaired) electrons. The van der Waals surface area contributed by atoms with Crippen LogP contribution in [-0.2, 0) is 22.3 Å². The third-order valence-corrected chi connectivity index (χ3v) is 4.83. The van der Waals surface area contributed by atoms with E-state index in [0.29, 0.717) is 11.1 Å². The summed E-state index contributed by atoms with van der Waals surface area (Å²) in [5.41, 5.74) is 1.71. The lowest BCUT2D eigenvalue weighted by Crippen LogP contribution is -2.28. The summed E-state index contributed by atoms with van der Waals surface area (Å²) < 4.78 is 26.0. The maximum absolute atomic E-state index is 12.4. The van der Waals surface area contributed by atoms with Gasteiger partial charge in [-0.1, -0.05) is 24.3 Å². The van der Waals surface area contributed by atoms with E-state index in [9.17, 15) is 8.42 Å². The molecule has 0 saturated carbocycles. The van der Waals surface area contributed by atoms with Crippen molar-refractivity contribution in [3.63, 3.8) is 0 Å². The number of nitrogens with zero attached hydrogens (tertiary/aromatic N) is 3. The summed E-state index contributed by atoms with van der Waals surface area (Å²) in [5, 5.41) is 9.02. The maximum Gasteiger partial charge on any atom is 0.218 e. The third-order valence-electron chi connectivity index (χ3n) is 3.08. The maximum atomic E-state index is 12.4. The highest BCUT2D eigenvalue weighted by Crippen LogP contribution is 2.15. The fourth-order valence-corrected chi connectivity index (χ4v) is 3.12. The minimum absolute atomic E-state index is 0.187. The second-order valence-corrected chi connectivity index (χ2v) is 6.72. The van der Waals surface area contributed by atoms with Gasteiger partial charge in [0, 0.05) is 26.0 Å². The van der Waals surface area contributed by atoms with E-state index in [-0.39, 0.29) is 12.3 Å². The SMILES string of the molecule is CN(Cc1cccnc1)S(=O)(=O)Cc1ccccc1C#N. The zero-order chi connectivity index (χ0) is 15.3. The molecule has 1 heterocycles. The van der Waals surface area contributed by atoms with Gasteiger partial charge in [0.05, 0.1) is 17.4 Å². The summed E-state index contributed by atoms with van der Waals surface area (Å²) in [6.45, 7) is 0.255. The standard InChI is InChI=1S/C15H15N3O2S/c1-18(11-13-5-4-8-17-10-13)21(19,20)12-15-7-3-2-6-14(15)9-16/h2-8,10H,11-12H2,1H3. The average molecular weight is 301 g/mol. The van der Waals surface area contributed by atoms with Crippen LogP contribution in [0.15, 0.2) is 48.8 Å². The van der Waals surface area contributed by atoms with Crippen LogP contribution in [0.5, 0.6) is 0 Å². The van der Waals surface area contributed by atoms with Gasteiger partial charge >= 0.3 is 0 Å². The van der Waals surface area contributed by atoms with Crippen molar-refractivity contribution in [2.24, 2.45) is 0 Å². The number of nitriles is 1. The number of hydrogen-bond donors (Lipinski definition) is 0. The summed E-state index contributed by atoms with van der Waals surface area (Å²) in [7, 11) is -1.96. The minimum atomic E-state index is -3.49. The van der Waals surface area contributed by atoms with Gasteiger partial charge in [-0.15, -0.1) is 0 Å². The van der Waals surface area contributed by atoms with Crippen LogP contribution in [0.1, 0.15) is 16.7 Å². The largest absolute Gasteiger partial charge is 0.264 e. The molecule has 0 aliphatic heterocycles. The van der Waals surface area contributed by atoms with Gasteiger partial charge in [0.15, 0.2) is 0 Å². The van der Waals surface area contributed by atoms with Crippen LogP contribution in [-0.4, -0.2) is 24.8 Å².